The van der Waals surface area contributed by atoms with Crippen LogP contribution in [0.3, 0.4) is 0 Å². The maximum atomic E-state index is 12.3. The molecule has 2 atom stereocenters. The van der Waals surface area contributed by atoms with Crippen LogP contribution < -0.4 is 10.6 Å². The first kappa shape index (κ1) is 15.8. The van der Waals surface area contributed by atoms with E-state index < -0.39 is 0 Å². The molecule has 116 valence electrons. The maximum absolute atomic E-state index is 12.3. The van der Waals surface area contributed by atoms with Crippen LogP contribution >= 0.6 is 0 Å². The second-order valence-corrected chi connectivity index (χ2v) is 7.61. The van der Waals surface area contributed by atoms with Gasteiger partial charge in [-0.2, -0.15) is 0 Å². The van der Waals surface area contributed by atoms with Gasteiger partial charge < -0.3 is 10.6 Å². The Bertz CT molecular complexity index is 313. The van der Waals surface area contributed by atoms with Crippen molar-refractivity contribution in [3.63, 3.8) is 0 Å². The minimum atomic E-state index is 0.184. The van der Waals surface area contributed by atoms with Gasteiger partial charge in [-0.15, -0.1) is 0 Å². The summed E-state index contributed by atoms with van der Waals surface area (Å²) in [4.78, 5) is 12.3. The molecule has 2 rings (SSSR count). The summed E-state index contributed by atoms with van der Waals surface area (Å²) < 4.78 is 0. The lowest BCUT2D eigenvalue weighted by Gasteiger charge is -2.33. The highest BCUT2D eigenvalue weighted by Gasteiger charge is 2.35. The number of carbonyl (C=O) groups is 1. The van der Waals surface area contributed by atoms with Crippen LogP contribution in [0.15, 0.2) is 0 Å². The van der Waals surface area contributed by atoms with Crippen molar-refractivity contribution in [1.29, 1.82) is 0 Å². The summed E-state index contributed by atoms with van der Waals surface area (Å²) >= 11 is 0. The third-order valence-corrected chi connectivity index (χ3v) is 5.17. The van der Waals surface area contributed by atoms with Crippen LogP contribution in [0.25, 0.3) is 0 Å². The second kappa shape index (κ2) is 6.93. The Kier molecular flexibility index (Phi) is 5.48. The Balaban J connectivity index is 1.81. The van der Waals surface area contributed by atoms with Crippen LogP contribution in [-0.4, -0.2) is 25.0 Å². The quantitative estimate of drug-likeness (QED) is 0.812. The average Bonchev–Trinajstić information content (AvgIpc) is 2.85. The molecule has 1 heterocycles. The van der Waals surface area contributed by atoms with Crippen LogP contribution in [0, 0.1) is 17.3 Å². The SMILES string of the molecule is CC(C)CC1(CNC(=O)C2CCC(C)NC2)CCCC1. The molecular weight excluding hydrogens is 248 g/mol. The first-order chi connectivity index (χ1) is 9.51. The minimum Gasteiger partial charge on any atom is -0.355 e. The molecular formula is C17H32N2O. The smallest absolute Gasteiger partial charge is 0.224 e. The van der Waals surface area contributed by atoms with Gasteiger partial charge in [0.1, 0.15) is 0 Å². The van der Waals surface area contributed by atoms with Gasteiger partial charge in [-0.3, -0.25) is 4.79 Å². The molecule has 0 spiro atoms. The zero-order valence-corrected chi connectivity index (χ0v) is 13.5. The highest BCUT2D eigenvalue weighted by molar-refractivity contribution is 5.79. The first-order valence-electron chi connectivity index (χ1n) is 8.52. The van der Waals surface area contributed by atoms with Gasteiger partial charge in [0.2, 0.25) is 5.91 Å². The van der Waals surface area contributed by atoms with E-state index in [9.17, 15) is 4.79 Å². The zero-order chi connectivity index (χ0) is 14.6. The predicted octanol–water partition coefficient (Wildman–Crippen LogP) is 3.10. The number of hydrogen-bond donors (Lipinski definition) is 2. The fourth-order valence-electron chi connectivity index (χ4n) is 4.09. The molecule has 3 nitrogen and oxygen atoms in total. The summed E-state index contributed by atoms with van der Waals surface area (Å²) in [5.41, 5.74) is 0.388. The van der Waals surface area contributed by atoms with E-state index in [-0.39, 0.29) is 11.8 Å². The topological polar surface area (TPSA) is 41.1 Å². The molecule has 0 aromatic carbocycles. The fraction of sp³-hybridized carbons (Fsp3) is 0.941. The Morgan fingerprint density at radius 1 is 1.30 bits per heavy atom. The molecule has 2 aliphatic rings. The molecule has 0 bridgehead atoms. The molecule has 3 heteroatoms. The Morgan fingerprint density at radius 2 is 2.00 bits per heavy atom. The average molecular weight is 280 g/mol. The molecule has 1 aliphatic carbocycles. The Morgan fingerprint density at radius 3 is 2.55 bits per heavy atom. The van der Waals surface area contributed by atoms with E-state index in [1.54, 1.807) is 0 Å². The summed E-state index contributed by atoms with van der Waals surface area (Å²) in [5.74, 6) is 1.19. The van der Waals surface area contributed by atoms with Gasteiger partial charge in [0.15, 0.2) is 0 Å². The zero-order valence-electron chi connectivity index (χ0n) is 13.5. The van der Waals surface area contributed by atoms with Gasteiger partial charge >= 0.3 is 0 Å². The summed E-state index contributed by atoms with van der Waals surface area (Å²) in [7, 11) is 0. The molecule has 2 fully saturated rings. The molecule has 1 saturated carbocycles. The normalized spacial score (nSPS) is 29.6. The summed E-state index contributed by atoms with van der Waals surface area (Å²) in [5, 5.41) is 6.70. The van der Waals surface area contributed by atoms with Crippen molar-refractivity contribution < 1.29 is 4.79 Å². The molecule has 2 unspecified atom stereocenters. The molecule has 1 aliphatic heterocycles. The first-order valence-corrected chi connectivity index (χ1v) is 8.52. The summed E-state index contributed by atoms with van der Waals surface area (Å²) in [6.07, 6.45) is 8.69. The predicted molar refractivity (Wildman–Crippen MR) is 83.6 cm³/mol. The number of rotatable bonds is 5. The number of amides is 1. The van der Waals surface area contributed by atoms with E-state index in [2.05, 4.69) is 31.4 Å². The molecule has 1 saturated heterocycles. The Labute approximate surface area is 124 Å². The highest BCUT2D eigenvalue weighted by Crippen LogP contribution is 2.42. The fourth-order valence-corrected chi connectivity index (χ4v) is 4.09. The lowest BCUT2D eigenvalue weighted by molar-refractivity contribution is -0.126. The van der Waals surface area contributed by atoms with Crippen molar-refractivity contribution in [1.82, 2.24) is 10.6 Å². The molecule has 0 aromatic rings. The number of nitrogens with one attached hydrogen (secondary N) is 2. The van der Waals surface area contributed by atoms with E-state index in [4.69, 9.17) is 0 Å². The van der Waals surface area contributed by atoms with Crippen molar-refractivity contribution in [2.75, 3.05) is 13.1 Å². The van der Waals surface area contributed by atoms with E-state index in [1.807, 2.05) is 0 Å². The molecule has 0 radical (unpaired) electrons. The third-order valence-electron chi connectivity index (χ3n) is 5.17. The monoisotopic (exact) mass is 280 g/mol. The van der Waals surface area contributed by atoms with Crippen LogP contribution in [0.4, 0.5) is 0 Å². The van der Waals surface area contributed by atoms with Gasteiger partial charge in [0.25, 0.3) is 0 Å². The van der Waals surface area contributed by atoms with Crippen LogP contribution in [0.1, 0.15) is 65.7 Å². The van der Waals surface area contributed by atoms with Gasteiger partial charge in [-0.1, -0.05) is 26.7 Å². The van der Waals surface area contributed by atoms with E-state index in [1.165, 1.54) is 32.1 Å². The van der Waals surface area contributed by atoms with Crippen molar-refractivity contribution in [2.24, 2.45) is 17.3 Å². The second-order valence-electron chi connectivity index (χ2n) is 7.61. The summed E-state index contributed by atoms with van der Waals surface area (Å²) in [6, 6.07) is 0.571. The van der Waals surface area contributed by atoms with Gasteiger partial charge in [-0.05, 0) is 50.4 Å². The van der Waals surface area contributed by atoms with Crippen LogP contribution in [0.5, 0.6) is 0 Å². The minimum absolute atomic E-state index is 0.184. The molecule has 20 heavy (non-hydrogen) atoms. The largest absolute Gasteiger partial charge is 0.355 e. The van der Waals surface area contributed by atoms with Crippen molar-refractivity contribution in [2.45, 2.75) is 71.8 Å². The van der Waals surface area contributed by atoms with Gasteiger partial charge in [-0.25, -0.2) is 0 Å². The van der Waals surface area contributed by atoms with Crippen molar-refractivity contribution in [3.05, 3.63) is 0 Å². The number of carbonyl (C=O) groups excluding carboxylic acids is 1. The van der Waals surface area contributed by atoms with Crippen molar-refractivity contribution >= 4 is 5.91 Å². The van der Waals surface area contributed by atoms with E-state index >= 15 is 0 Å². The lowest BCUT2D eigenvalue weighted by atomic mass is 9.78. The standard InChI is InChI=1S/C17H32N2O/c1-13(2)10-17(8-4-5-9-17)12-19-16(20)15-7-6-14(3)18-11-15/h13-15,18H,4-12H2,1-3H3,(H,19,20). The van der Waals surface area contributed by atoms with E-state index in [0.717, 1.165) is 31.8 Å². The molecule has 0 aromatic heterocycles. The maximum Gasteiger partial charge on any atom is 0.224 e. The summed E-state index contributed by atoms with van der Waals surface area (Å²) in [6.45, 7) is 8.55. The number of piperidine rings is 1. The lowest BCUT2D eigenvalue weighted by Crippen LogP contribution is -2.46. The van der Waals surface area contributed by atoms with E-state index in [0.29, 0.717) is 11.5 Å². The van der Waals surface area contributed by atoms with Crippen LogP contribution in [-0.2, 0) is 4.79 Å². The van der Waals surface area contributed by atoms with Crippen molar-refractivity contribution in [3.8, 4) is 0 Å². The van der Waals surface area contributed by atoms with Gasteiger partial charge in [0, 0.05) is 19.1 Å². The highest BCUT2D eigenvalue weighted by atomic mass is 16.1. The molecule has 2 N–H and O–H groups in total. The molecule has 1 amide bonds. The van der Waals surface area contributed by atoms with Gasteiger partial charge in [0.05, 0.1) is 5.92 Å². The third kappa shape index (κ3) is 4.21. The number of hydrogen-bond acceptors (Lipinski definition) is 2. The van der Waals surface area contributed by atoms with Crippen LogP contribution in [0.2, 0.25) is 0 Å². The Hall–Kier alpha value is -0.570.